The van der Waals surface area contributed by atoms with Crippen LogP contribution >= 0.6 is 23.2 Å². The Labute approximate surface area is 105 Å². The second-order valence-electron chi connectivity index (χ2n) is 3.50. The fourth-order valence-corrected chi connectivity index (χ4v) is 1.93. The van der Waals surface area contributed by atoms with Crippen molar-refractivity contribution >= 4 is 29.0 Å². The van der Waals surface area contributed by atoms with E-state index in [-0.39, 0.29) is 17.9 Å². The lowest BCUT2D eigenvalue weighted by Crippen LogP contribution is -2.32. The van der Waals surface area contributed by atoms with Gasteiger partial charge >= 0.3 is 0 Å². The predicted octanol–water partition coefficient (Wildman–Crippen LogP) is 2.38. The van der Waals surface area contributed by atoms with Crippen LogP contribution in [0, 0.1) is 0 Å². The van der Waals surface area contributed by atoms with E-state index in [0.29, 0.717) is 17.3 Å². The average Bonchev–Trinajstić information content (AvgIpc) is 2.28. The molecule has 1 atom stereocenters. The Kier molecular flexibility index (Phi) is 5.25. The van der Waals surface area contributed by atoms with Crippen molar-refractivity contribution in [2.24, 2.45) is 0 Å². The van der Waals surface area contributed by atoms with Crippen molar-refractivity contribution < 1.29 is 5.11 Å². The Morgan fingerprint density at radius 3 is 2.75 bits per heavy atom. The number of halogens is 2. The van der Waals surface area contributed by atoms with Crippen molar-refractivity contribution in [3.8, 4) is 0 Å². The van der Waals surface area contributed by atoms with Gasteiger partial charge in [-0.25, -0.2) is 4.98 Å². The number of aliphatic hydroxyl groups excluding tert-OH is 1. The standard InChI is InChI=1S/C10H15Cl2N3O/c1-3-7(4-5-16)15(2)9-8(11)6-13-10(12)14-9/h6-7,16H,3-5H2,1-2H3. The van der Waals surface area contributed by atoms with Gasteiger partial charge in [0.1, 0.15) is 5.02 Å². The summed E-state index contributed by atoms with van der Waals surface area (Å²) in [5.74, 6) is 0.599. The van der Waals surface area contributed by atoms with Crippen molar-refractivity contribution in [1.82, 2.24) is 9.97 Å². The summed E-state index contributed by atoms with van der Waals surface area (Å²) in [5.41, 5.74) is 0. The predicted molar refractivity (Wildman–Crippen MR) is 66.2 cm³/mol. The molecule has 0 amide bonds. The normalized spacial score (nSPS) is 12.6. The van der Waals surface area contributed by atoms with Crippen molar-refractivity contribution in [2.75, 3.05) is 18.6 Å². The van der Waals surface area contributed by atoms with Crippen LogP contribution in [0.1, 0.15) is 19.8 Å². The van der Waals surface area contributed by atoms with Gasteiger partial charge in [-0.2, -0.15) is 4.98 Å². The van der Waals surface area contributed by atoms with Gasteiger partial charge in [0.15, 0.2) is 5.82 Å². The van der Waals surface area contributed by atoms with Crippen LogP contribution < -0.4 is 4.90 Å². The van der Waals surface area contributed by atoms with Crippen LogP contribution in [0.15, 0.2) is 6.20 Å². The van der Waals surface area contributed by atoms with Crippen LogP contribution in [0.5, 0.6) is 0 Å². The summed E-state index contributed by atoms with van der Waals surface area (Å²) in [5, 5.41) is 9.60. The molecule has 1 N–H and O–H groups in total. The third kappa shape index (κ3) is 3.20. The fourth-order valence-electron chi connectivity index (χ4n) is 1.58. The highest BCUT2D eigenvalue weighted by Gasteiger charge is 2.17. The molecule has 1 unspecified atom stereocenters. The van der Waals surface area contributed by atoms with Crippen molar-refractivity contribution in [1.29, 1.82) is 0 Å². The molecule has 0 aliphatic heterocycles. The summed E-state index contributed by atoms with van der Waals surface area (Å²) >= 11 is 11.7. The Hall–Kier alpha value is -0.580. The smallest absolute Gasteiger partial charge is 0.224 e. The van der Waals surface area contributed by atoms with Crippen molar-refractivity contribution in [3.63, 3.8) is 0 Å². The van der Waals surface area contributed by atoms with Crippen molar-refractivity contribution in [3.05, 3.63) is 16.5 Å². The average molecular weight is 264 g/mol. The van der Waals surface area contributed by atoms with Crippen LogP contribution in [0.25, 0.3) is 0 Å². The summed E-state index contributed by atoms with van der Waals surface area (Å²) in [6.45, 7) is 2.19. The monoisotopic (exact) mass is 263 g/mol. The van der Waals surface area contributed by atoms with E-state index in [4.69, 9.17) is 28.3 Å². The first-order valence-electron chi connectivity index (χ1n) is 5.11. The lowest BCUT2D eigenvalue weighted by molar-refractivity contribution is 0.272. The number of hydrogen-bond acceptors (Lipinski definition) is 4. The zero-order valence-electron chi connectivity index (χ0n) is 9.32. The SMILES string of the molecule is CCC(CCO)N(C)c1nc(Cl)ncc1Cl. The minimum Gasteiger partial charge on any atom is -0.396 e. The van der Waals surface area contributed by atoms with Crippen LogP contribution in [-0.2, 0) is 0 Å². The number of nitrogens with zero attached hydrogens (tertiary/aromatic N) is 3. The lowest BCUT2D eigenvalue weighted by Gasteiger charge is -2.28. The summed E-state index contributed by atoms with van der Waals surface area (Å²) in [6.07, 6.45) is 3.05. The fraction of sp³-hybridized carbons (Fsp3) is 0.600. The Bertz CT molecular complexity index is 349. The van der Waals surface area contributed by atoms with Gasteiger partial charge in [0.2, 0.25) is 5.28 Å². The highest BCUT2D eigenvalue weighted by Crippen LogP contribution is 2.25. The molecule has 0 fully saturated rings. The molecule has 1 aromatic heterocycles. The summed E-state index contributed by atoms with van der Waals surface area (Å²) in [6, 6.07) is 0.188. The quantitative estimate of drug-likeness (QED) is 0.829. The van der Waals surface area contributed by atoms with Crippen LogP contribution in [0.2, 0.25) is 10.3 Å². The molecule has 0 radical (unpaired) electrons. The van der Waals surface area contributed by atoms with Gasteiger partial charge in [-0.05, 0) is 24.4 Å². The molecule has 4 nitrogen and oxygen atoms in total. The Morgan fingerprint density at radius 1 is 1.50 bits per heavy atom. The zero-order valence-corrected chi connectivity index (χ0v) is 10.8. The van der Waals surface area contributed by atoms with E-state index in [1.165, 1.54) is 6.20 Å². The lowest BCUT2D eigenvalue weighted by atomic mass is 10.1. The number of aromatic nitrogens is 2. The third-order valence-electron chi connectivity index (χ3n) is 2.51. The molecule has 0 saturated carbocycles. The van der Waals surface area contributed by atoms with E-state index in [1.807, 2.05) is 18.9 Å². The second-order valence-corrected chi connectivity index (χ2v) is 4.24. The molecule has 0 saturated heterocycles. The van der Waals surface area contributed by atoms with Gasteiger partial charge in [-0.3, -0.25) is 0 Å². The van der Waals surface area contributed by atoms with Crippen molar-refractivity contribution in [2.45, 2.75) is 25.8 Å². The van der Waals surface area contributed by atoms with Crippen LogP contribution in [-0.4, -0.2) is 34.8 Å². The summed E-state index contributed by atoms with van der Waals surface area (Å²) in [4.78, 5) is 9.81. The molecule has 0 aliphatic rings. The van der Waals surface area contributed by atoms with E-state index in [1.54, 1.807) is 0 Å². The second kappa shape index (κ2) is 6.23. The number of anilines is 1. The minimum absolute atomic E-state index is 0.138. The van der Waals surface area contributed by atoms with Gasteiger partial charge < -0.3 is 10.0 Å². The van der Waals surface area contributed by atoms with Gasteiger partial charge in [-0.1, -0.05) is 18.5 Å². The van der Waals surface area contributed by atoms with E-state index < -0.39 is 0 Å². The molecule has 90 valence electrons. The molecule has 16 heavy (non-hydrogen) atoms. The molecule has 0 aromatic carbocycles. The third-order valence-corrected chi connectivity index (χ3v) is 2.96. The van der Waals surface area contributed by atoms with E-state index in [2.05, 4.69) is 9.97 Å². The minimum atomic E-state index is 0.138. The van der Waals surface area contributed by atoms with Gasteiger partial charge in [0.05, 0.1) is 6.20 Å². The summed E-state index contributed by atoms with van der Waals surface area (Å²) in [7, 11) is 1.88. The Balaban J connectivity index is 2.93. The maximum Gasteiger partial charge on any atom is 0.224 e. The molecule has 0 bridgehead atoms. The Morgan fingerprint density at radius 2 is 2.19 bits per heavy atom. The molecular weight excluding hydrogens is 249 g/mol. The van der Waals surface area contributed by atoms with E-state index in [9.17, 15) is 0 Å². The number of hydrogen-bond donors (Lipinski definition) is 1. The van der Waals surface area contributed by atoms with Gasteiger partial charge in [0, 0.05) is 19.7 Å². The number of rotatable bonds is 5. The molecule has 1 heterocycles. The summed E-state index contributed by atoms with van der Waals surface area (Å²) < 4.78 is 0. The maximum absolute atomic E-state index is 8.97. The first-order valence-corrected chi connectivity index (χ1v) is 5.87. The van der Waals surface area contributed by atoms with Gasteiger partial charge in [0.25, 0.3) is 0 Å². The highest BCUT2D eigenvalue weighted by molar-refractivity contribution is 6.33. The van der Waals surface area contributed by atoms with E-state index >= 15 is 0 Å². The maximum atomic E-state index is 8.97. The molecule has 6 heteroatoms. The topological polar surface area (TPSA) is 49.2 Å². The largest absolute Gasteiger partial charge is 0.396 e. The molecule has 1 rings (SSSR count). The van der Waals surface area contributed by atoms with Gasteiger partial charge in [-0.15, -0.1) is 0 Å². The van der Waals surface area contributed by atoms with E-state index in [0.717, 1.165) is 6.42 Å². The molecule has 1 aromatic rings. The highest BCUT2D eigenvalue weighted by atomic mass is 35.5. The molecule has 0 spiro atoms. The molecular formula is C10H15Cl2N3O. The van der Waals surface area contributed by atoms with Crippen LogP contribution in [0.4, 0.5) is 5.82 Å². The first-order chi connectivity index (χ1) is 7.60. The zero-order chi connectivity index (χ0) is 12.1. The van der Waals surface area contributed by atoms with Crippen LogP contribution in [0.3, 0.4) is 0 Å². The number of aliphatic hydroxyl groups is 1. The molecule has 0 aliphatic carbocycles. The first kappa shape index (κ1) is 13.5.